The summed E-state index contributed by atoms with van der Waals surface area (Å²) in [4.78, 5) is 17.4. The quantitative estimate of drug-likeness (QED) is 0.805. The van der Waals surface area contributed by atoms with Gasteiger partial charge in [-0.1, -0.05) is 19.1 Å². The molecule has 3 N–H and O–H groups in total. The Morgan fingerprint density at radius 1 is 1.15 bits per heavy atom. The van der Waals surface area contributed by atoms with Gasteiger partial charge in [0.05, 0.1) is 6.04 Å². The van der Waals surface area contributed by atoms with Crippen molar-refractivity contribution in [3.63, 3.8) is 0 Å². The molecule has 6 heteroatoms. The van der Waals surface area contributed by atoms with Gasteiger partial charge in [0.2, 0.25) is 5.91 Å². The van der Waals surface area contributed by atoms with Crippen molar-refractivity contribution in [1.29, 1.82) is 0 Å². The normalized spacial score (nSPS) is 21.5. The Balaban J connectivity index is 1.47. The minimum absolute atomic E-state index is 0.0969. The van der Waals surface area contributed by atoms with Gasteiger partial charge in [-0.2, -0.15) is 0 Å². The molecule has 0 bridgehead atoms. The van der Waals surface area contributed by atoms with Gasteiger partial charge < -0.3 is 20.7 Å². The zero-order chi connectivity index (χ0) is 18.4. The second-order valence-electron chi connectivity index (χ2n) is 7.37. The zero-order valence-electron chi connectivity index (χ0n) is 15.8. The standard InChI is InChI=1S/C20H32N4O2/c1-2-23-9-11-24(12-10-23)15-16-3-5-18(6-4-16)22-20(25)19(21)17-7-13-26-14-8-17/h3-6,17,19H,2,7-15,21H2,1H3,(H,22,25). The molecule has 1 amide bonds. The number of piperazine rings is 1. The van der Waals surface area contributed by atoms with Crippen LogP contribution in [0.1, 0.15) is 25.3 Å². The predicted molar refractivity (Wildman–Crippen MR) is 104 cm³/mol. The smallest absolute Gasteiger partial charge is 0.241 e. The Kier molecular flexibility index (Phi) is 7.02. The SMILES string of the molecule is CCN1CCN(Cc2ccc(NC(=O)C(N)C3CCOCC3)cc2)CC1. The lowest BCUT2D eigenvalue weighted by Gasteiger charge is -2.34. The van der Waals surface area contributed by atoms with Crippen molar-refractivity contribution in [3.8, 4) is 0 Å². The molecule has 3 rings (SSSR count). The maximum atomic E-state index is 12.4. The highest BCUT2D eigenvalue weighted by atomic mass is 16.5. The molecule has 2 aliphatic rings. The van der Waals surface area contributed by atoms with Gasteiger partial charge in [-0.15, -0.1) is 0 Å². The minimum atomic E-state index is -0.464. The first kappa shape index (κ1) is 19.3. The number of nitrogens with one attached hydrogen (secondary N) is 1. The number of nitrogens with zero attached hydrogens (tertiary/aromatic N) is 2. The maximum Gasteiger partial charge on any atom is 0.241 e. The van der Waals surface area contributed by atoms with Gasteiger partial charge in [-0.3, -0.25) is 9.69 Å². The zero-order valence-corrected chi connectivity index (χ0v) is 15.8. The number of ether oxygens (including phenoxy) is 1. The van der Waals surface area contributed by atoms with E-state index in [0.717, 1.165) is 57.8 Å². The lowest BCUT2D eigenvalue weighted by molar-refractivity contribution is -0.119. The molecule has 0 spiro atoms. The van der Waals surface area contributed by atoms with E-state index in [2.05, 4.69) is 34.2 Å². The van der Waals surface area contributed by atoms with Crippen LogP contribution in [0.15, 0.2) is 24.3 Å². The Hall–Kier alpha value is -1.47. The fourth-order valence-corrected chi connectivity index (χ4v) is 3.73. The highest BCUT2D eigenvalue weighted by molar-refractivity contribution is 5.94. The molecule has 0 aliphatic carbocycles. The van der Waals surface area contributed by atoms with Crippen LogP contribution in [0, 0.1) is 5.92 Å². The van der Waals surface area contributed by atoms with Gasteiger partial charge in [0.15, 0.2) is 0 Å². The van der Waals surface area contributed by atoms with Crippen LogP contribution in [0.5, 0.6) is 0 Å². The lowest BCUT2D eigenvalue weighted by Crippen LogP contribution is -2.45. The summed E-state index contributed by atoms with van der Waals surface area (Å²) < 4.78 is 5.34. The average Bonchev–Trinajstić information content (AvgIpc) is 2.70. The number of hydrogen-bond acceptors (Lipinski definition) is 5. The van der Waals surface area contributed by atoms with Crippen LogP contribution in [0.25, 0.3) is 0 Å². The molecule has 1 atom stereocenters. The van der Waals surface area contributed by atoms with Gasteiger partial charge in [0, 0.05) is 51.6 Å². The van der Waals surface area contributed by atoms with Gasteiger partial charge in [0.25, 0.3) is 0 Å². The van der Waals surface area contributed by atoms with E-state index in [1.165, 1.54) is 5.56 Å². The molecule has 0 radical (unpaired) electrons. The molecular formula is C20H32N4O2. The first-order chi connectivity index (χ1) is 12.7. The van der Waals surface area contributed by atoms with E-state index in [9.17, 15) is 4.79 Å². The molecule has 2 aliphatic heterocycles. The number of nitrogens with two attached hydrogens (primary N) is 1. The number of hydrogen-bond donors (Lipinski definition) is 2. The number of rotatable bonds is 6. The van der Waals surface area contributed by atoms with Crippen molar-refractivity contribution in [2.24, 2.45) is 11.7 Å². The third kappa shape index (κ3) is 5.27. The molecule has 0 aromatic heterocycles. The maximum absolute atomic E-state index is 12.4. The van der Waals surface area contributed by atoms with Gasteiger partial charge in [0.1, 0.15) is 0 Å². The van der Waals surface area contributed by atoms with E-state index in [1.54, 1.807) is 0 Å². The lowest BCUT2D eigenvalue weighted by atomic mass is 9.92. The molecule has 6 nitrogen and oxygen atoms in total. The molecule has 26 heavy (non-hydrogen) atoms. The molecule has 2 fully saturated rings. The number of amides is 1. The molecule has 2 heterocycles. The van der Waals surface area contributed by atoms with Crippen molar-refractivity contribution < 1.29 is 9.53 Å². The first-order valence-corrected chi connectivity index (χ1v) is 9.83. The summed E-state index contributed by atoms with van der Waals surface area (Å²) in [6.45, 7) is 10.3. The fraction of sp³-hybridized carbons (Fsp3) is 0.650. The second-order valence-corrected chi connectivity index (χ2v) is 7.37. The van der Waals surface area contributed by atoms with Crippen molar-refractivity contribution in [2.45, 2.75) is 32.4 Å². The Morgan fingerprint density at radius 3 is 2.38 bits per heavy atom. The molecular weight excluding hydrogens is 328 g/mol. The summed E-state index contributed by atoms with van der Waals surface area (Å²) in [5, 5.41) is 2.96. The topological polar surface area (TPSA) is 70.8 Å². The van der Waals surface area contributed by atoms with E-state index in [4.69, 9.17) is 10.5 Å². The number of benzene rings is 1. The third-order valence-corrected chi connectivity index (χ3v) is 5.62. The summed E-state index contributed by atoms with van der Waals surface area (Å²) >= 11 is 0. The Bertz CT molecular complexity index is 564. The second kappa shape index (κ2) is 9.46. The molecule has 144 valence electrons. The molecule has 2 saturated heterocycles. The monoisotopic (exact) mass is 360 g/mol. The van der Waals surface area contributed by atoms with Gasteiger partial charge >= 0.3 is 0 Å². The molecule has 0 saturated carbocycles. The van der Waals surface area contributed by atoms with Crippen molar-refractivity contribution in [3.05, 3.63) is 29.8 Å². The number of carbonyl (C=O) groups is 1. The summed E-state index contributed by atoms with van der Waals surface area (Å²) in [6, 6.07) is 7.69. The van der Waals surface area contributed by atoms with Crippen LogP contribution in [-0.4, -0.2) is 67.7 Å². The summed E-state index contributed by atoms with van der Waals surface area (Å²) in [7, 11) is 0. The van der Waals surface area contributed by atoms with Crippen LogP contribution < -0.4 is 11.1 Å². The fourth-order valence-electron chi connectivity index (χ4n) is 3.73. The van der Waals surface area contributed by atoms with E-state index < -0.39 is 6.04 Å². The van der Waals surface area contributed by atoms with Crippen molar-refractivity contribution >= 4 is 11.6 Å². The van der Waals surface area contributed by atoms with Gasteiger partial charge in [-0.25, -0.2) is 0 Å². The van der Waals surface area contributed by atoms with Crippen LogP contribution in [0.2, 0.25) is 0 Å². The van der Waals surface area contributed by atoms with Crippen LogP contribution in [-0.2, 0) is 16.1 Å². The van der Waals surface area contributed by atoms with Crippen molar-refractivity contribution in [2.75, 3.05) is 51.3 Å². The first-order valence-electron chi connectivity index (χ1n) is 9.83. The van der Waals surface area contributed by atoms with Crippen LogP contribution >= 0.6 is 0 Å². The number of carbonyl (C=O) groups excluding carboxylic acids is 1. The number of anilines is 1. The van der Waals surface area contributed by atoms with E-state index >= 15 is 0 Å². The predicted octanol–water partition coefficient (Wildman–Crippen LogP) is 1.52. The summed E-state index contributed by atoms with van der Waals surface area (Å²) in [5.41, 5.74) is 8.23. The third-order valence-electron chi connectivity index (χ3n) is 5.62. The summed E-state index contributed by atoms with van der Waals surface area (Å²) in [6.07, 6.45) is 1.72. The average molecular weight is 361 g/mol. The minimum Gasteiger partial charge on any atom is -0.381 e. The van der Waals surface area contributed by atoms with E-state index in [0.29, 0.717) is 13.2 Å². The highest BCUT2D eigenvalue weighted by Gasteiger charge is 2.26. The summed E-state index contributed by atoms with van der Waals surface area (Å²) in [5.74, 6) is 0.116. The van der Waals surface area contributed by atoms with E-state index in [1.807, 2.05) is 12.1 Å². The van der Waals surface area contributed by atoms with Crippen LogP contribution in [0.4, 0.5) is 5.69 Å². The molecule has 1 unspecified atom stereocenters. The largest absolute Gasteiger partial charge is 0.381 e. The molecule has 1 aromatic rings. The van der Waals surface area contributed by atoms with Gasteiger partial charge in [-0.05, 0) is 43.0 Å². The highest BCUT2D eigenvalue weighted by Crippen LogP contribution is 2.19. The Morgan fingerprint density at radius 2 is 1.77 bits per heavy atom. The Labute approximate surface area is 156 Å². The van der Waals surface area contributed by atoms with Crippen molar-refractivity contribution in [1.82, 2.24) is 9.80 Å². The van der Waals surface area contributed by atoms with Crippen LogP contribution in [0.3, 0.4) is 0 Å². The van der Waals surface area contributed by atoms with E-state index in [-0.39, 0.29) is 11.8 Å². The number of likely N-dealkylation sites (N-methyl/N-ethyl adjacent to an activating group) is 1. The molecule has 1 aromatic carbocycles.